The number of rotatable bonds is 5. The van der Waals surface area contributed by atoms with Crippen molar-refractivity contribution in [2.45, 2.75) is 6.61 Å². The number of carbonyl (C=O) groups excluding carboxylic acids is 1. The second-order valence-electron chi connectivity index (χ2n) is 6.30. The van der Waals surface area contributed by atoms with Gasteiger partial charge in [-0.2, -0.15) is 0 Å². The Morgan fingerprint density at radius 3 is 2.55 bits per heavy atom. The van der Waals surface area contributed by atoms with E-state index in [-0.39, 0.29) is 11.6 Å². The normalized spacial score (nSPS) is 14.6. The van der Waals surface area contributed by atoms with Crippen LogP contribution in [0.5, 0.6) is 5.75 Å². The molecule has 29 heavy (non-hydrogen) atoms. The highest BCUT2D eigenvalue weighted by Crippen LogP contribution is 2.24. The fourth-order valence-corrected chi connectivity index (χ4v) is 3.10. The molecule has 0 N–H and O–H groups in total. The number of carbonyl (C=O) groups is 1. The first-order valence-corrected chi connectivity index (χ1v) is 9.59. The minimum absolute atomic E-state index is 0.196. The number of halogens is 2. The van der Waals surface area contributed by atoms with Gasteiger partial charge in [0.25, 0.3) is 0 Å². The zero-order valence-electron chi connectivity index (χ0n) is 15.1. The van der Waals surface area contributed by atoms with Crippen LogP contribution in [-0.2, 0) is 16.1 Å². The molecular formula is C23H15Cl2NO3. The lowest BCUT2D eigenvalue weighted by Crippen LogP contribution is -2.05. The van der Waals surface area contributed by atoms with Crippen molar-refractivity contribution < 1.29 is 14.3 Å². The van der Waals surface area contributed by atoms with Crippen LogP contribution < -0.4 is 4.74 Å². The molecule has 1 heterocycles. The Hall–Kier alpha value is -3.08. The number of ether oxygens (including phenoxy) is 2. The molecule has 1 aliphatic heterocycles. The lowest BCUT2D eigenvalue weighted by atomic mass is 10.2. The standard InChI is InChI=1S/C23H15Cl2NO3/c24-17-10-8-15(9-11-17)14-28-18-5-3-4-16(12-18)13-21-23(27)29-22(26-21)19-6-1-2-7-20(19)25/h1-13H,14H2/b21-13-. The second kappa shape index (κ2) is 8.52. The number of nitrogens with zero attached hydrogens (tertiary/aromatic N) is 1. The zero-order chi connectivity index (χ0) is 20.2. The van der Waals surface area contributed by atoms with Gasteiger partial charge in [-0.25, -0.2) is 9.79 Å². The van der Waals surface area contributed by atoms with Gasteiger partial charge in [0, 0.05) is 5.02 Å². The molecule has 3 aromatic carbocycles. The van der Waals surface area contributed by atoms with Gasteiger partial charge < -0.3 is 9.47 Å². The van der Waals surface area contributed by atoms with E-state index in [1.165, 1.54) is 0 Å². The smallest absolute Gasteiger partial charge is 0.363 e. The molecule has 4 rings (SSSR count). The molecule has 0 spiro atoms. The van der Waals surface area contributed by atoms with Gasteiger partial charge in [-0.05, 0) is 53.6 Å². The van der Waals surface area contributed by atoms with Crippen molar-refractivity contribution in [3.63, 3.8) is 0 Å². The summed E-state index contributed by atoms with van der Waals surface area (Å²) in [5.74, 6) is 0.352. The monoisotopic (exact) mass is 423 g/mol. The number of hydrogen-bond acceptors (Lipinski definition) is 4. The summed E-state index contributed by atoms with van der Waals surface area (Å²) in [5.41, 5.74) is 2.56. The van der Waals surface area contributed by atoms with Crippen LogP contribution in [-0.4, -0.2) is 11.9 Å². The third-order valence-electron chi connectivity index (χ3n) is 4.21. The van der Waals surface area contributed by atoms with Crippen LogP contribution in [0.4, 0.5) is 0 Å². The van der Waals surface area contributed by atoms with E-state index < -0.39 is 5.97 Å². The molecule has 0 radical (unpaired) electrons. The molecule has 1 aliphatic rings. The third kappa shape index (κ3) is 4.67. The number of esters is 1. The first kappa shape index (κ1) is 19.2. The third-order valence-corrected chi connectivity index (χ3v) is 4.79. The number of benzene rings is 3. The largest absolute Gasteiger partial charge is 0.489 e. The maximum atomic E-state index is 12.2. The van der Waals surface area contributed by atoms with Crippen LogP contribution >= 0.6 is 23.2 Å². The molecule has 4 nitrogen and oxygen atoms in total. The minimum Gasteiger partial charge on any atom is -0.489 e. The molecule has 3 aromatic rings. The van der Waals surface area contributed by atoms with E-state index in [1.54, 1.807) is 30.3 Å². The highest BCUT2D eigenvalue weighted by Gasteiger charge is 2.25. The SMILES string of the molecule is O=C1OC(c2ccccc2Cl)=N/C1=C\c1cccc(OCc2ccc(Cl)cc2)c1. The highest BCUT2D eigenvalue weighted by atomic mass is 35.5. The van der Waals surface area contributed by atoms with Crippen molar-refractivity contribution in [1.82, 2.24) is 0 Å². The van der Waals surface area contributed by atoms with Crippen molar-refractivity contribution in [1.29, 1.82) is 0 Å². The lowest BCUT2D eigenvalue weighted by Gasteiger charge is -2.07. The zero-order valence-corrected chi connectivity index (χ0v) is 16.7. The summed E-state index contributed by atoms with van der Waals surface area (Å²) >= 11 is 12.1. The second-order valence-corrected chi connectivity index (χ2v) is 7.15. The first-order chi connectivity index (χ1) is 14.1. The predicted molar refractivity (Wildman–Crippen MR) is 114 cm³/mol. The summed E-state index contributed by atoms with van der Waals surface area (Å²) < 4.78 is 11.1. The summed E-state index contributed by atoms with van der Waals surface area (Å²) in [6.45, 7) is 0.411. The van der Waals surface area contributed by atoms with E-state index >= 15 is 0 Å². The van der Waals surface area contributed by atoms with Crippen LogP contribution in [0.1, 0.15) is 16.7 Å². The number of hydrogen-bond donors (Lipinski definition) is 0. The Bertz CT molecular complexity index is 1120. The van der Waals surface area contributed by atoms with Crippen LogP contribution in [0.3, 0.4) is 0 Å². The van der Waals surface area contributed by atoms with Gasteiger partial charge in [0.1, 0.15) is 12.4 Å². The summed E-state index contributed by atoms with van der Waals surface area (Å²) in [6, 6.07) is 21.9. The number of aliphatic imine (C=N–C) groups is 1. The summed E-state index contributed by atoms with van der Waals surface area (Å²) in [5, 5.41) is 1.15. The quantitative estimate of drug-likeness (QED) is 0.378. The van der Waals surface area contributed by atoms with E-state index in [0.29, 0.717) is 28.0 Å². The van der Waals surface area contributed by atoms with Crippen LogP contribution in [0.2, 0.25) is 10.0 Å². The van der Waals surface area contributed by atoms with Crippen LogP contribution in [0.15, 0.2) is 83.5 Å². The topological polar surface area (TPSA) is 47.9 Å². The molecule has 0 atom stereocenters. The maximum absolute atomic E-state index is 12.2. The van der Waals surface area contributed by atoms with Gasteiger partial charge in [-0.15, -0.1) is 0 Å². The molecule has 0 saturated heterocycles. The molecule has 0 aliphatic carbocycles. The molecule has 0 aromatic heterocycles. The average Bonchev–Trinajstić information content (AvgIpc) is 3.08. The fraction of sp³-hybridized carbons (Fsp3) is 0.0435. The van der Waals surface area contributed by atoms with E-state index in [4.69, 9.17) is 32.7 Å². The Labute approximate surface area is 178 Å². The van der Waals surface area contributed by atoms with Gasteiger partial charge in [-0.3, -0.25) is 0 Å². The fourth-order valence-electron chi connectivity index (χ4n) is 2.76. The van der Waals surface area contributed by atoms with Crippen LogP contribution in [0, 0.1) is 0 Å². The van der Waals surface area contributed by atoms with Crippen molar-refractivity contribution >= 4 is 41.1 Å². The van der Waals surface area contributed by atoms with Crippen molar-refractivity contribution in [2.75, 3.05) is 0 Å². The van der Waals surface area contributed by atoms with Gasteiger partial charge in [-0.1, -0.05) is 59.6 Å². The van der Waals surface area contributed by atoms with Gasteiger partial charge in [0.2, 0.25) is 5.90 Å². The van der Waals surface area contributed by atoms with Gasteiger partial charge in [0.05, 0.1) is 10.6 Å². The van der Waals surface area contributed by atoms with Gasteiger partial charge >= 0.3 is 5.97 Å². The van der Waals surface area contributed by atoms with E-state index in [9.17, 15) is 4.79 Å². The predicted octanol–water partition coefficient (Wildman–Crippen LogP) is 5.92. The Balaban J connectivity index is 1.52. The van der Waals surface area contributed by atoms with Crippen molar-refractivity contribution in [2.24, 2.45) is 4.99 Å². The molecule has 0 amide bonds. The molecule has 6 heteroatoms. The van der Waals surface area contributed by atoms with Crippen LogP contribution in [0.25, 0.3) is 6.08 Å². The Morgan fingerprint density at radius 2 is 1.76 bits per heavy atom. The van der Waals surface area contributed by atoms with E-state index in [1.807, 2.05) is 48.5 Å². The van der Waals surface area contributed by atoms with E-state index in [0.717, 1.165) is 11.1 Å². The molecular weight excluding hydrogens is 409 g/mol. The van der Waals surface area contributed by atoms with Crippen molar-refractivity contribution in [3.8, 4) is 5.75 Å². The van der Waals surface area contributed by atoms with E-state index in [2.05, 4.69) is 4.99 Å². The molecule has 0 unspecified atom stereocenters. The first-order valence-electron chi connectivity index (χ1n) is 8.83. The summed E-state index contributed by atoms with van der Waals surface area (Å²) in [4.78, 5) is 16.5. The average molecular weight is 424 g/mol. The summed E-state index contributed by atoms with van der Waals surface area (Å²) in [6.07, 6.45) is 1.65. The Kier molecular flexibility index (Phi) is 5.65. The number of cyclic esters (lactones) is 1. The van der Waals surface area contributed by atoms with Gasteiger partial charge in [0.15, 0.2) is 5.70 Å². The molecule has 0 bridgehead atoms. The minimum atomic E-state index is -0.521. The molecule has 144 valence electrons. The summed E-state index contributed by atoms with van der Waals surface area (Å²) in [7, 11) is 0. The highest BCUT2D eigenvalue weighted by molar-refractivity contribution is 6.34. The lowest BCUT2D eigenvalue weighted by molar-refractivity contribution is -0.129. The maximum Gasteiger partial charge on any atom is 0.363 e. The van der Waals surface area contributed by atoms with Crippen molar-refractivity contribution in [3.05, 3.63) is 105 Å². The molecule has 0 fully saturated rings. The molecule has 0 saturated carbocycles. The Morgan fingerprint density at radius 1 is 0.966 bits per heavy atom.